The van der Waals surface area contributed by atoms with Gasteiger partial charge in [-0.15, -0.1) is 0 Å². The minimum atomic E-state index is -0.275. The van der Waals surface area contributed by atoms with Crippen LogP contribution in [0.2, 0.25) is 15.1 Å². The van der Waals surface area contributed by atoms with Gasteiger partial charge in [-0.3, -0.25) is 0 Å². The first-order valence-electron chi connectivity index (χ1n) is 10.5. The van der Waals surface area contributed by atoms with Crippen LogP contribution in [0, 0.1) is 5.82 Å². The van der Waals surface area contributed by atoms with Crippen molar-refractivity contribution >= 4 is 46.8 Å². The van der Waals surface area contributed by atoms with Crippen LogP contribution >= 0.6 is 34.8 Å². The average molecular weight is 516 g/mol. The second-order valence-electron chi connectivity index (χ2n) is 8.14. The summed E-state index contributed by atoms with van der Waals surface area (Å²) in [5.41, 5.74) is 12.3. The van der Waals surface area contributed by atoms with Gasteiger partial charge in [0.25, 0.3) is 12.0 Å². The quantitative estimate of drug-likeness (QED) is 0.556. The molecule has 0 aromatic heterocycles. The zero-order valence-corrected chi connectivity index (χ0v) is 20.4. The summed E-state index contributed by atoms with van der Waals surface area (Å²) >= 11 is 17.9. The predicted octanol–water partition coefficient (Wildman–Crippen LogP) is 5.15. The Bertz CT molecular complexity index is 1030. The molecule has 2 aliphatic rings. The van der Waals surface area contributed by atoms with E-state index < -0.39 is 0 Å². The maximum Gasteiger partial charge on any atom is 0.282 e. The van der Waals surface area contributed by atoms with Gasteiger partial charge in [0.2, 0.25) is 0 Å². The van der Waals surface area contributed by atoms with E-state index in [0.29, 0.717) is 46.7 Å². The first-order chi connectivity index (χ1) is 15.6. The maximum absolute atomic E-state index is 13.4. The highest BCUT2D eigenvalue weighted by atomic mass is 35.5. The summed E-state index contributed by atoms with van der Waals surface area (Å²) in [6, 6.07) is 10.7. The number of nitrogens with two attached hydrogens (primary N) is 2. The number of ether oxygens (including phenoxy) is 2. The average Bonchev–Trinajstić information content (AvgIpc) is 3.32. The summed E-state index contributed by atoms with van der Waals surface area (Å²) in [4.78, 5) is 8.36. The molecule has 2 aromatic rings. The molecule has 4 N–H and O–H groups in total. The number of hydrogen-bond acceptors (Lipinski definition) is 6. The monoisotopic (exact) mass is 514 g/mol. The van der Waals surface area contributed by atoms with Crippen molar-refractivity contribution in [3.63, 3.8) is 0 Å². The van der Waals surface area contributed by atoms with E-state index in [4.69, 9.17) is 55.7 Å². The van der Waals surface area contributed by atoms with Crippen LogP contribution in [0.5, 0.6) is 0 Å². The van der Waals surface area contributed by atoms with E-state index in [9.17, 15) is 4.39 Å². The van der Waals surface area contributed by atoms with Crippen molar-refractivity contribution < 1.29 is 13.9 Å². The second kappa shape index (κ2) is 11.3. The van der Waals surface area contributed by atoms with Gasteiger partial charge in [-0.05, 0) is 62.4 Å². The molecule has 0 saturated heterocycles. The van der Waals surface area contributed by atoms with Crippen molar-refractivity contribution in [2.75, 3.05) is 13.2 Å². The van der Waals surface area contributed by atoms with E-state index in [2.05, 4.69) is 9.98 Å². The van der Waals surface area contributed by atoms with Crippen molar-refractivity contribution in [1.82, 2.24) is 0 Å². The van der Waals surface area contributed by atoms with Crippen LogP contribution in [0.1, 0.15) is 30.9 Å². The summed E-state index contributed by atoms with van der Waals surface area (Å²) in [5.74, 6) is -0.275. The lowest BCUT2D eigenvalue weighted by molar-refractivity contribution is 0.255. The molecular formula is C23H26Cl3FN4O2. The Morgan fingerprint density at radius 1 is 1.06 bits per heavy atom. The largest absolute Gasteiger partial charge is 0.463 e. The molecule has 0 fully saturated rings. The van der Waals surface area contributed by atoms with E-state index >= 15 is 0 Å². The van der Waals surface area contributed by atoms with Crippen LogP contribution in [0.4, 0.5) is 4.39 Å². The SMILES string of the molecule is C[C@]1(CCc2ccc(Cl)cc2Cl)COC(N)=N1.NC1=N[C@@H](CCc2c(F)cccc2Cl)CO1. The lowest BCUT2D eigenvalue weighted by Crippen LogP contribution is -2.24. The van der Waals surface area contributed by atoms with Crippen LogP contribution in [-0.4, -0.2) is 36.8 Å². The Morgan fingerprint density at radius 3 is 2.45 bits per heavy atom. The fourth-order valence-electron chi connectivity index (χ4n) is 3.48. The molecule has 0 bridgehead atoms. The zero-order chi connectivity index (χ0) is 24.0. The normalized spacial score (nSPS) is 21.4. The number of nitrogens with zero attached hydrogens (tertiary/aromatic N) is 2. The molecule has 4 rings (SSSR count). The van der Waals surface area contributed by atoms with Crippen LogP contribution in [0.25, 0.3) is 0 Å². The number of aryl methyl sites for hydroxylation is 1. The van der Waals surface area contributed by atoms with Gasteiger partial charge in [0.1, 0.15) is 19.0 Å². The van der Waals surface area contributed by atoms with E-state index in [1.54, 1.807) is 18.2 Å². The Balaban J connectivity index is 0.000000186. The molecule has 2 heterocycles. The van der Waals surface area contributed by atoms with Crippen molar-refractivity contribution in [2.45, 2.75) is 44.2 Å². The molecule has 6 nitrogen and oxygen atoms in total. The van der Waals surface area contributed by atoms with Crippen LogP contribution < -0.4 is 11.5 Å². The Morgan fingerprint density at radius 2 is 1.85 bits per heavy atom. The van der Waals surface area contributed by atoms with Gasteiger partial charge in [-0.1, -0.05) is 46.9 Å². The second-order valence-corrected chi connectivity index (χ2v) is 9.39. The molecule has 0 radical (unpaired) electrons. The number of halogens is 4. The molecular weight excluding hydrogens is 490 g/mol. The molecule has 2 aliphatic heterocycles. The molecule has 2 atom stereocenters. The van der Waals surface area contributed by atoms with Crippen molar-refractivity contribution in [1.29, 1.82) is 0 Å². The van der Waals surface area contributed by atoms with Crippen LogP contribution in [-0.2, 0) is 22.3 Å². The number of benzene rings is 2. The Labute approximate surface area is 207 Å². The third-order valence-corrected chi connectivity index (χ3v) is 6.32. The van der Waals surface area contributed by atoms with Crippen molar-refractivity contribution in [2.24, 2.45) is 21.5 Å². The summed E-state index contributed by atoms with van der Waals surface area (Å²) in [5, 5.41) is 1.80. The molecule has 0 spiro atoms. The van der Waals surface area contributed by atoms with Gasteiger partial charge in [0.15, 0.2) is 0 Å². The molecule has 0 amide bonds. The van der Waals surface area contributed by atoms with Crippen LogP contribution in [0.15, 0.2) is 46.4 Å². The van der Waals surface area contributed by atoms with Gasteiger partial charge in [-0.2, -0.15) is 0 Å². The number of hydrogen-bond donors (Lipinski definition) is 2. The van der Waals surface area contributed by atoms with Crippen LogP contribution in [0.3, 0.4) is 0 Å². The summed E-state index contributed by atoms with van der Waals surface area (Å²) < 4.78 is 23.6. The molecule has 178 valence electrons. The molecule has 0 aliphatic carbocycles. The lowest BCUT2D eigenvalue weighted by atomic mass is 9.95. The van der Waals surface area contributed by atoms with E-state index in [0.717, 1.165) is 18.4 Å². The van der Waals surface area contributed by atoms with Gasteiger partial charge in [-0.25, -0.2) is 14.4 Å². The number of aliphatic imine (C=N–C) groups is 2. The Hall–Kier alpha value is -2.22. The first-order valence-corrected chi connectivity index (χ1v) is 11.6. The van der Waals surface area contributed by atoms with Gasteiger partial charge < -0.3 is 20.9 Å². The lowest BCUT2D eigenvalue weighted by Gasteiger charge is -2.18. The summed E-state index contributed by atoms with van der Waals surface area (Å²) in [6.07, 6.45) is 2.89. The maximum atomic E-state index is 13.4. The standard InChI is InChI=1S/C12H14Cl2N2O.C11H12ClFN2O/c1-12(7-17-11(15)16-12)5-4-8-2-3-9(13)6-10(8)14;12-9-2-1-3-10(13)8(9)5-4-7-6-16-11(14)15-7/h2-3,6H,4-5,7H2,1H3,(H2,15,16);1-3,7H,4-6H2,(H2,14,15)/t12-;7-/m00/s1. The van der Waals surface area contributed by atoms with Gasteiger partial charge >= 0.3 is 0 Å². The fraction of sp³-hybridized carbons (Fsp3) is 0.391. The van der Waals surface area contributed by atoms with E-state index in [1.165, 1.54) is 6.07 Å². The Kier molecular flexibility index (Phi) is 8.68. The van der Waals surface area contributed by atoms with Crippen molar-refractivity contribution in [3.05, 3.63) is 68.4 Å². The minimum Gasteiger partial charge on any atom is -0.463 e. The first kappa shape index (κ1) is 25.4. The topological polar surface area (TPSA) is 95.2 Å². The van der Waals surface area contributed by atoms with Crippen molar-refractivity contribution in [3.8, 4) is 0 Å². The van der Waals surface area contributed by atoms with Gasteiger partial charge in [0, 0.05) is 20.6 Å². The molecule has 33 heavy (non-hydrogen) atoms. The molecule has 2 aromatic carbocycles. The predicted molar refractivity (Wildman–Crippen MR) is 132 cm³/mol. The summed E-state index contributed by atoms with van der Waals surface area (Å²) in [6.45, 7) is 3.03. The van der Waals surface area contributed by atoms with E-state index in [1.807, 2.05) is 19.1 Å². The smallest absolute Gasteiger partial charge is 0.282 e. The molecule has 0 unspecified atom stereocenters. The highest BCUT2D eigenvalue weighted by Gasteiger charge is 2.30. The third kappa shape index (κ3) is 7.39. The minimum absolute atomic E-state index is 0.00988. The number of amidine groups is 2. The zero-order valence-electron chi connectivity index (χ0n) is 18.2. The molecule has 0 saturated carbocycles. The third-order valence-electron chi connectivity index (χ3n) is 5.38. The highest BCUT2D eigenvalue weighted by Crippen LogP contribution is 2.27. The molecule has 10 heteroatoms. The van der Waals surface area contributed by atoms with Gasteiger partial charge in [0.05, 0.1) is 11.6 Å². The van der Waals surface area contributed by atoms with E-state index in [-0.39, 0.29) is 29.4 Å². The summed E-state index contributed by atoms with van der Waals surface area (Å²) in [7, 11) is 0. The number of rotatable bonds is 6. The fourth-order valence-corrected chi connectivity index (χ4v) is 4.24. The highest BCUT2D eigenvalue weighted by molar-refractivity contribution is 6.35.